The molecule has 21 heavy (non-hydrogen) atoms. The summed E-state index contributed by atoms with van der Waals surface area (Å²) in [5.74, 6) is 0.995. The average molecular weight is 330 g/mol. The zero-order chi connectivity index (χ0) is 15.2. The molecule has 1 aliphatic heterocycles. The van der Waals surface area contributed by atoms with E-state index in [0.717, 1.165) is 11.8 Å². The molecule has 2 aromatic rings. The van der Waals surface area contributed by atoms with E-state index in [1.165, 1.54) is 0 Å². The number of imidazole rings is 1. The minimum Gasteiger partial charge on any atom is -0.354 e. The number of aromatic nitrogens is 2. The number of pyridine rings is 1. The molecule has 1 saturated heterocycles. The van der Waals surface area contributed by atoms with Gasteiger partial charge in [0.15, 0.2) is 6.29 Å². The number of halogens is 1. The average Bonchev–Trinajstić information content (AvgIpc) is 2.92. The third-order valence-electron chi connectivity index (χ3n) is 3.86. The molecular weight excluding hydrogens is 314 g/mol. The van der Waals surface area contributed by atoms with E-state index < -0.39 is 10.6 Å². The van der Waals surface area contributed by atoms with Gasteiger partial charge in [0.25, 0.3) is 0 Å². The van der Waals surface area contributed by atoms with Gasteiger partial charge in [0, 0.05) is 13.1 Å². The predicted molar refractivity (Wildman–Crippen MR) is 85.0 cm³/mol. The second kappa shape index (κ2) is 5.17. The molecule has 1 unspecified atom stereocenters. The number of aldehydes is 1. The van der Waals surface area contributed by atoms with Crippen molar-refractivity contribution in [3.8, 4) is 0 Å². The van der Waals surface area contributed by atoms with Gasteiger partial charge >= 0.3 is 0 Å². The SMILES string of the molecule is CC1CN(c2c(C=O)cc(Cl)c3cncn23)CCS1(O)O. The van der Waals surface area contributed by atoms with Gasteiger partial charge < -0.3 is 4.90 Å². The number of carbonyl (C=O) groups is 1. The summed E-state index contributed by atoms with van der Waals surface area (Å²) in [5.41, 5.74) is 1.19. The van der Waals surface area contributed by atoms with Crippen molar-refractivity contribution in [3.05, 3.63) is 29.2 Å². The van der Waals surface area contributed by atoms with Crippen LogP contribution in [0.3, 0.4) is 0 Å². The van der Waals surface area contributed by atoms with Crippen LogP contribution in [0.25, 0.3) is 5.52 Å². The summed E-state index contributed by atoms with van der Waals surface area (Å²) in [6.45, 7) is 2.75. The molecule has 114 valence electrons. The summed E-state index contributed by atoms with van der Waals surface area (Å²) < 4.78 is 21.7. The van der Waals surface area contributed by atoms with E-state index in [1.807, 2.05) is 11.8 Å². The van der Waals surface area contributed by atoms with Crippen molar-refractivity contribution in [1.29, 1.82) is 0 Å². The molecule has 2 N–H and O–H groups in total. The van der Waals surface area contributed by atoms with Crippen LogP contribution in [-0.2, 0) is 0 Å². The number of hydrogen-bond acceptors (Lipinski definition) is 5. The highest BCUT2D eigenvalue weighted by molar-refractivity contribution is 8.24. The molecule has 3 heterocycles. The van der Waals surface area contributed by atoms with Gasteiger partial charge in [-0.05, 0) is 13.0 Å². The van der Waals surface area contributed by atoms with Crippen LogP contribution in [0.15, 0.2) is 18.6 Å². The first-order chi connectivity index (χ1) is 9.94. The van der Waals surface area contributed by atoms with Crippen LogP contribution in [0.5, 0.6) is 0 Å². The largest absolute Gasteiger partial charge is 0.354 e. The van der Waals surface area contributed by atoms with Crippen LogP contribution >= 0.6 is 22.2 Å². The number of nitrogens with zero attached hydrogens (tertiary/aromatic N) is 3. The molecule has 1 aliphatic rings. The predicted octanol–water partition coefficient (Wildman–Crippen LogP) is 2.76. The zero-order valence-electron chi connectivity index (χ0n) is 11.4. The summed E-state index contributed by atoms with van der Waals surface area (Å²) >= 11 is 6.15. The molecule has 1 atom stereocenters. The minimum absolute atomic E-state index is 0.250. The minimum atomic E-state index is -2.55. The fourth-order valence-corrected chi connectivity index (χ4v) is 4.20. The highest BCUT2D eigenvalue weighted by atomic mass is 35.5. The Balaban J connectivity index is 2.10. The Morgan fingerprint density at radius 3 is 2.95 bits per heavy atom. The van der Waals surface area contributed by atoms with Crippen molar-refractivity contribution in [2.75, 3.05) is 23.7 Å². The van der Waals surface area contributed by atoms with Crippen LogP contribution in [0.2, 0.25) is 5.02 Å². The molecule has 0 saturated carbocycles. The van der Waals surface area contributed by atoms with Gasteiger partial charge in [-0.25, -0.2) is 4.98 Å². The van der Waals surface area contributed by atoms with Gasteiger partial charge in [0.2, 0.25) is 0 Å². The molecule has 2 aromatic heterocycles. The first-order valence-corrected chi connectivity index (χ1v) is 8.69. The lowest BCUT2D eigenvalue weighted by atomic mass is 10.2. The highest BCUT2D eigenvalue weighted by Crippen LogP contribution is 2.47. The molecular formula is C13H16ClN3O3S. The van der Waals surface area contributed by atoms with Crippen LogP contribution in [-0.4, -0.2) is 48.9 Å². The van der Waals surface area contributed by atoms with Crippen molar-refractivity contribution in [1.82, 2.24) is 9.38 Å². The molecule has 3 rings (SSSR count). The molecule has 6 nitrogen and oxygen atoms in total. The summed E-state index contributed by atoms with van der Waals surface area (Å²) in [7, 11) is -2.55. The maximum atomic E-state index is 11.4. The Morgan fingerprint density at radius 2 is 2.29 bits per heavy atom. The van der Waals surface area contributed by atoms with Crippen LogP contribution in [0.1, 0.15) is 17.3 Å². The molecule has 0 amide bonds. The Hall–Kier alpha value is -1.28. The molecule has 0 aromatic carbocycles. The van der Waals surface area contributed by atoms with Crippen molar-refractivity contribution < 1.29 is 13.9 Å². The van der Waals surface area contributed by atoms with Crippen LogP contribution in [0, 0.1) is 0 Å². The second-order valence-corrected chi connectivity index (χ2v) is 8.27. The first-order valence-electron chi connectivity index (χ1n) is 6.53. The lowest BCUT2D eigenvalue weighted by Gasteiger charge is -2.47. The highest BCUT2D eigenvalue weighted by Gasteiger charge is 2.31. The summed E-state index contributed by atoms with van der Waals surface area (Å²) in [4.78, 5) is 17.5. The normalized spacial score (nSPS) is 23.2. The fraction of sp³-hybridized carbons (Fsp3) is 0.385. The topological polar surface area (TPSA) is 78.1 Å². The van der Waals surface area contributed by atoms with Crippen molar-refractivity contribution in [2.24, 2.45) is 0 Å². The lowest BCUT2D eigenvalue weighted by Crippen LogP contribution is -2.44. The summed E-state index contributed by atoms with van der Waals surface area (Å²) in [5, 5.41) is 0.215. The van der Waals surface area contributed by atoms with Crippen molar-refractivity contribution >= 4 is 39.8 Å². The zero-order valence-corrected chi connectivity index (χ0v) is 13.0. The smallest absolute Gasteiger partial charge is 0.153 e. The number of hydrogen-bond donors (Lipinski definition) is 2. The summed E-state index contributed by atoms with van der Waals surface area (Å²) in [6.07, 6.45) is 4.01. The maximum absolute atomic E-state index is 11.4. The number of fused-ring (bicyclic) bond motifs is 1. The lowest BCUT2D eigenvalue weighted by molar-refractivity contribution is 0.112. The number of carbonyl (C=O) groups excluding carboxylic acids is 1. The quantitative estimate of drug-likeness (QED) is 0.828. The Morgan fingerprint density at radius 1 is 1.52 bits per heavy atom. The number of anilines is 1. The first kappa shape index (κ1) is 14.6. The van der Waals surface area contributed by atoms with E-state index in [-0.39, 0.29) is 5.25 Å². The molecule has 0 bridgehead atoms. The Kier molecular flexibility index (Phi) is 3.61. The standard InChI is InChI=1S/C13H16ClN3O3S/c1-9-6-16(2-3-21(9,19)20)13-10(7-18)4-11(14)12-5-15-8-17(12)13/h4-5,7-9,19-20H,2-3,6H2,1H3. The van der Waals surface area contributed by atoms with Crippen molar-refractivity contribution in [2.45, 2.75) is 12.2 Å². The molecule has 0 radical (unpaired) electrons. The second-order valence-electron chi connectivity index (χ2n) is 5.22. The van der Waals surface area contributed by atoms with E-state index >= 15 is 0 Å². The van der Waals surface area contributed by atoms with E-state index in [4.69, 9.17) is 11.6 Å². The van der Waals surface area contributed by atoms with Gasteiger partial charge in [-0.2, -0.15) is 10.6 Å². The van der Waals surface area contributed by atoms with Gasteiger partial charge in [-0.1, -0.05) is 11.6 Å². The third-order valence-corrected chi connectivity index (χ3v) is 6.39. The Bertz CT molecular complexity index is 703. The molecule has 1 fully saturated rings. The van der Waals surface area contributed by atoms with E-state index in [2.05, 4.69) is 4.98 Å². The molecule has 8 heteroatoms. The van der Waals surface area contributed by atoms with Crippen LogP contribution < -0.4 is 4.90 Å². The maximum Gasteiger partial charge on any atom is 0.153 e. The van der Waals surface area contributed by atoms with Gasteiger partial charge in [0.1, 0.15) is 12.1 Å². The van der Waals surface area contributed by atoms with Crippen LogP contribution in [0.4, 0.5) is 5.82 Å². The van der Waals surface area contributed by atoms with E-state index in [9.17, 15) is 13.9 Å². The summed E-state index contributed by atoms with van der Waals surface area (Å²) in [6, 6.07) is 1.62. The third kappa shape index (κ3) is 2.40. The fourth-order valence-electron chi connectivity index (χ4n) is 2.64. The molecule has 0 spiro atoms. The van der Waals surface area contributed by atoms with E-state index in [1.54, 1.807) is 23.0 Å². The van der Waals surface area contributed by atoms with Crippen molar-refractivity contribution in [3.63, 3.8) is 0 Å². The van der Waals surface area contributed by atoms with Gasteiger partial charge in [0.05, 0.1) is 33.3 Å². The van der Waals surface area contributed by atoms with Gasteiger partial charge in [-0.3, -0.25) is 18.3 Å². The monoisotopic (exact) mass is 329 g/mol. The molecule has 0 aliphatic carbocycles. The van der Waals surface area contributed by atoms with E-state index in [0.29, 0.717) is 35.2 Å². The van der Waals surface area contributed by atoms with Gasteiger partial charge in [-0.15, -0.1) is 0 Å². The Labute approximate surface area is 128 Å². The number of rotatable bonds is 2.